The molecule has 2 unspecified atom stereocenters. The van der Waals surface area contributed by atoms with Crippen LogP contribution in [0.25, 0.3) is 0 Å². The Kier molecular flexibility index (Phi) is 5.92. The molecule has 1 aromatic heterocycles. The van der Waals surface area contributed by atoms with Gasteiger partial charge >= 0.3 is 6.18 Å². The quantitative estimate of drug-likeness (QED) is 0.635. The molecule has 164 valence electrons. The van der Waals surface area contributed by atoms with Crippen LogP contribution >= 0.6 is 0 Å². The summed E-state index contributed by atoms with van der Waals surface area (Å²) in [5, 5.41) is 8.95. The van der Waals surface area contributed by atoms with Gasteiger partial charge in [0.2, 0.25) is 0 Å². The van der Waals surface area contributed by atoms with E-state index in [2.05, 4.69) is 16.0 Å². The van der Waals surface area contributed by atoms with Gasteiger partial charge in [-0.3, -0.25) is 0 Å². The van der Waals surface area contributed by atoms with Gasteiger partial charge in [-0.15, -0.1) is 0 Å². The minimum absolute atomic E-state index is 0.0206. The van der Waals surface area contributed by atoms with Crippen molar-refractivity contribution in [2.75, 3.05) is 31.9 Å². The monoisotopic (exact) mass is 433 g/mol. The number of hydrogen-bond acceptors (Lipinski definition) is 6. The standard InChI is InChI=1S/C22H22F3N3O3/c1-29-13-30-19-8-17(22(23,24)25)5-6-18(19)31-21-15-3-4-16(21)12-28(11-15)20-7-2-14(9-26)10-27-20/h2,5-8,10,15-16,21H,3-4,11-13H2,1H3. The van der Waals surface area contributed by atoms with E-state index in [9.17, 15) is 13.2 Å². The minimum Gasteiger partial charge on any atom is -0.486 e. The third-order valence-electron chi connectivity index (χ3n) is 5.81. The van der Waals surface area contributed by atoms with E-state index in [1.165, 1.54) is 13.2 Å². The Morgan fingerprint density at radius 2 is 1.87 bits per heavy atom. The molecule has 2 bridgehead atoms. The summed E-state index contributed by atoms with van der Waals surface area (Å²) in [6.07, 6.45) is -1.09. The van der Waals surface area contributed by atoms with Crippen molar-refractivity contribution in [3.05, 3.63) is 47.7 Å². The molecule has 4 rings (SSSR count). The van der Waals surface area contributed by atoms with Gasteiger partial charge in [0.25, 0.3) is 0 Å². The van der Waals surface area contributed by atoms with Crippen molar-refractivity contribution < 1.29 is 27.4 Å². The van der Waals surface area contributed by atoms with E-state index in [0.717, 1.165) is 43.9 Å². The molecule has 1 aromatic carbocycles. The average molecular weight is 433 g/mol. The molecule has 2 aliphatic rings. The van der Waals surface area contributed by atoms with Crippen molar-refractivity contribution in [1.29, 1.82) is 5.26 Å². The molecule has 0 radical (unpaired) electrons. The number of benzene rings is 1. The maximum absolute atomic E-state index is 13.1. The van der Waals surface area contributed by atoms with E-state index in [1.54, 1.807) is 12.3 Å². The van der Waals surface area contributed by atoms with E-state index in [1.807, 2.05) is 6.07 Å². The minimum atomic E-state index is -4.47. The predicted octanol–water partition coefficient (Wildman–Crippen LogP) is 4.25. The lowest BCUT2D eigenvalue weighted by molar-refractivity contribution is -0.137. The number of hydrogen-bond donors (Lipinski definition) is 0. The molecule has 1 saturated heterocycles. The highest BCUT2D eigenvalue weighted by Gasteiger charge is 2.44. The summed E-state index contributed by atoms with van der Waals surface area (Å²) in [6.45, 7) is 1.29. The number of fused-ring (bicyclic) bond motifs is 2. The third-order valence-corrected chi connectivity index (χ3v) is 5.81. The van der Waals surface area contributed by atoms with Crippen LogP contribution in [0.3, 0.4) is 0 Å². The number of piperidine rings is 1. The van der Waals surface area contributed by atoms with Crippen LogP contribution in [0.2, 0.25) is 0 Å². The highest BCUT2D eigenvalue weighted by Crippen LogP contribution is 2.43. The molecular weight excluding hydrogens is 411 g/mol. The molecule has 1 aliphatic heterocycles. The second-order valence-electron chi connectivity index (χ2n) is 7.81. The highest BCUT2D eigenvalue weighted by molar-refractivity contribution is 5.45. The molecular formula is C22H22F3N3O3. The van der Waals surface area contributed by atoms with Crippen molar-refractivity contribution in [3.8, 4) is 17.6 Å². The SMILES string of the molecule is COCOc1cc(C(F)(F)F)ccc1OC1C2CCC1CN(c1ccc(C#N)cn1)C2. The van der Waals surface area contributed by atoms with Crippen molar-refractivity contribution >= 4 is 5.82 Å². The topological polar surface area (TPSA) is 67.6 Å². The van der Waals surface area contributed by atoms with E-state index in [4.69, 9.17) is 19.5 Å². The van der Waals surface area contributed by atoms with Gasteiger partial charge < -0.3 is 19.1 Å². The van der Waals surface area contributed by atoms with Gasteiger partial charge in [0.05, 0.1) is 11.1 Å². The van der Waals surface area contributed by atoms with Crippen LogP contribution in [-0.4, -0.2) is 38.1 Å². The molecule has 2 aromatic rings. The lowest BCUT2D eigenvalue weighted by Gasteiger charge is -2.38. The van der Waals surface area contributed by atoms with Gasteiger partial charge in [-0.25, -0.2) is 4.98 Å². The second kappa shape index (κ2) is 8.63. The van der Waals surface area contributed by atoms with E-state index < -0.39 is 11.7 Å². The number of halogens is 3. The van der Waals surface area contributed by atoms with Gasteiger partial charge in [-0.1, -0.05) is 0 Å². The predicted molar refractivity (Wildman–Crippen MR) is 106 cm³/mol. The number of aromatic nitrogens is 1. The van der Waals surface area contributed by atoms with E-state index in [0.29, 0.717) is 5.56 Å². The number of pyridine rings is 1. The number of nitriles is 1. The molecule has 2 fully saturated rings. The second-order valence-corrected chi connectivity index (χ2v) is 7.81. The molecule has 2 heterocycles. The van der Waals surface area contributed by atoms with Crippen LogP contribution in [0.4, 0.5) is 19.0 Å². The smallest absolute Gasteiger partial charge is 0.416 e. The molecule has 9 heteroatoms. The number of ether oxygens (including phenoxy) is 3. The summed E-state index contributed by atoms with van der Waals surface area (Å²) < 4.78 is 55.8. The van der Waals surface area contributed by atoms with E-state index >= 15 is 0 Å². The first-order chi connectivity index (χ1) is 14.9. The summed E-state index contributed by atoms with van der Waals surface area (Å²) in [5.41, 5.74) is -0.286. The van der Waals surface area contributed by atoms with Crippen LogP contribution in [0.15, 0.2) is 36.5 Å². The van der Waals surface area contributed by atoms with Crippen molar-refractivity contribution in [2.45, 2.75) is 25.1 Å². The van der Waals surface area contributed by atoms with E-state index in [-0.39, 0.29) is 36.2 Å². The van der Waals surface area contributed by atoms with Crippen molar-refractivity contribution in [3.63, 3.8) is 0 Å². The van der Waals surface area contributed by atoms with Crippen LogP contribution < -0.4 is 14.4 Å². The molecule has 1 saturated carbocycles. The van der Waals surface area contributed by atoms with Gasteiger partial charge in [0.1, 0.15) is 18.0 Å². The number of anilines is 1. The molecule has 0 N–H and O–H groups in total. The highest BCUT2D eigenvalue weighted by atomic mass is 19.4. The molecule has 0 spiro atoms. The Labute approximate surface area is 178 Å². The zero-order valence-corrected chi connectivity index (χ0v) is 16.9. The normalized spacial score (nSPS) is 22.8. The molecule has 2 atom stereocenters. The van der Waals surface area contributed by atoms with Gasteiger partial charge in [0.15, 0.2) is 18.3 Å². The molecule has 0 amide bonds. The maximum atomic E-state index is 13.1. The molecule has 6 nitrogen and oxygen atoms in total. The summed E-state index contributed by atoms with van der Waals surface area (Å²) in [7, 11) is 1.40. The third kappa shape index (κ3) is 4.54. The first-order valence-corrected chi connectivity index (χ1v) is 10.00. The Balaban J connectivity index is 1.51. The fourth-order valence-electron chi connectivity index (χ4n) is 4.35. The first-order valence-electron chi connectivity index (χ1n) is 10.00. The Hall–Kier alpha value is -2.99. The lowest BCUT2D eigenvalue weighted by atomic mass is 9.94. The molecule has 31 heavy (non-hydrogen) atoms. The Morgan fingerprint density at radius 3 is 2.45 bits per heavy atom. The lowest BCUT2D eigenvalue weighted by Crippen LogP contribution is -2.47. The summed E-state index contributed by atoms with van der Waals surface area (Å²) in [5.74, 6) is 1.56. The van der Waals surface area contributed by atoms with Crippen LogP contribution in [0.1, 0.15) is 24.0 Å². The van der Waals surface area contributed by atoms with Gasteiger partial charge in [0, 0.05) is 38.2 Å². The van der Waals surface area contributed by atoms with Crippen LogP contribution in [0.5, 0.6) is 11.5 Å². The zero-order valence-electron chi connectivity index (χ0n) is 16.9. The number of methoxy groups -OCH3 is 1. The van der Waals surface area contributed by atoms with Gasteiger partial charge in [-0.05, 0) is 43.2 Å². The Morgan fingerprint density at radius 1 is 1.13 bits per heavy atom. The van der Waals surface area contributed by atoms with Crippen molar-refractivity contribution in [1.82, 2.24) is 4.98 Å². The average Bonchev–Trinajstić information content (AvgIpc) is 2.99. The van der Waals surface area contributed by atoms with Gasteiger partial charge in [-0.2, -0.15) is 18.4 Å². The largest absolute Gasteiger partial charge is 0.486 e. The summed E-state index contributed by atoms with van der Waals surface area (Å²) in [6, 6.07) is 8.92. The molecule has 1 aliphatic carbocycles. The first kappa shape index (κ1) is 21.2. The maximum Gasteiger partial charge on any atom is 0.416 e. The summed E-state index contributed by atoms with van der Waals surface area (Å²) in [4.78, 5) is 6.56. The number of nitrogens with zero attached hydrogens (tertiary/aromatic N) is 3. The fourth-order valence-corrected chi connectivity index (χ4v) is 4.35. The number of alkyl halides is 3. The van der Waals surface area contributed by atoms with Crippen molar-refractivity contribution in [2.24, 2.45) is 11.8 Å². The fraction of sp³-hybridized carbons (Fsp3) is 0.455. The zero-order chi connectivity index (χ0) is 22.0. The summed E-state index contributed by atoms with van der Waals surface area (Å²) >= 11 is 0. The van der Waals surface area contributed by atoms with Crippen LogP contribution in [-0.2, 0) is 10.9 Å². The number of rotatable bonds is 6. The Bertz CT molecular complexity index is 945. The van der Waals surface area contributed by atoms with Crippen LogP contribution in [0, 0.1) is 23.2 Å².